The molecular formula is C13H21N3O. The molecule has 2 rings (SSSR count). The molecule has 0 bridgehead atoms. The van der Waals surface area contributed by atoms with Gasteiger partial charge >= 0.3 is 0 Å². The number of pyridine rings is 1. The molecule has 1 aliphatic rings. The quantitative estimate of drug-likeness (QED) is 0.862. The molecule has 4 heteroatoms. The van der Waals surface area contributed by atoms with E-state index in [9.17, 15) is 0 Å². The Morgan fingerprint density at radius 1 is 1.59 bits per heavy atom. The normalized spacial score (nSPS) is 20.6. The van der Waals surface area contributed by atoms with E-state index in [4.69, 9.17) is 10.5 Å². The van der Waals surface area contributed by atoms with Crippen LogP contribution in [0.25, 0.3) is 0 Å². The van der Waals surface area contributed by atoms with E-state index in [1.54, 1.807) is 0 Å². The van der Waals surface area contributed by atoms with E-state index < -0.39 is 0 Å². The summed E-state index contributed by atoms with van der Waals surface area (Å²) in [7, 11) is 0. The van der Waals surface area contributed by atoms with Crippen molar-refractivity contribution in [2.45, 2.75) is 32.9 Å². The van der Waals surface area contributed by atoms with Gasteiger partial charge in [-0.1, -0.05) is 6.92 Å². The van der Waals surface area contributed by atoms with E-state index in [1.165, 1.54) is 5.56 Å². The molecule has 2 N–H and O–H groups in total. The smallest absolute Gasteiger partial charge is 0.131 e. The van der Waals surface area contributed by atoms with Crippen LogP contribution in [-0.4, -0.2) is 30.8 Å². The predicted octanol–water partition coefficient (Wildman–Crippen LogP) is 1.46. The number of ether oxygens (including phenoxy) is 1. The summed E-state index contributed by atoms with van der Waals surface area (Å²) in [5.74, 6) is 1.07. The Labute approximate surface area is 103 Å². The molecule has 0 spiro atoms. The first-order valence-electron chi connectivity index (χ1n) is 6.26. The number of aromatic nitrogens is 1. The summed E-state index contributed by atoms with van der Waals surface area (Å²) in [5.41, 5.74) is 7.91. The summed E-state index contributed by atoms with van der Waals surface area (Å²) >= 11 is 0. The van der Waals surface area contributed by atoms with Crippen LogP contribution in [-0.2, 0) is 11.3 Å². The summed E-state index contributed by atoms with van der Waals surface area (Å²) in [6, 6.07) is 2.12. The van der Waals surface area contributed by atoms with Crippen LogP contribution < -0.4 is 10.6 Å². The third-order valence-electron chi connectivity index (χ3n) is 3.24. The molecule has 0 saturated carbocycles. The maximum Gasteiger partial charge on any atom is 0.131 e. The SMILES string of the molecule is CCC1CN(c2ncc(CN)cc2C)CCO1. The fourth-order valence-corrected chi connectivity index (χ4v) is 2.23. The third-order valence-corrected chi connectivity index (χ3v) is 3.24. The van der Waals surface area contributed by atoms with E-state index in [0.29, 0.717) is 12.6 Å². The zero-order chi connectivity index (χ0) is 12.3. The zero-order valence-corrected chi connectivity index (χ0v) is 10.6. The Kier molecular flexibility index (Phi) is 3.97. The molecule has 1 fully saturated rings. The van der Waals surface area contributed by atoms with Crippen LogP contribution in [0.4, 0.5) is 5.82 Å². The zero-order valence-electron chi connectivity index (χ0n) is 10.6. The number of nitrogens with zero attached hydrogens (tertiary/aromatic N) is 2. The lowest BCUT2D eigenvalue weighted by Crippen LogP contribution is -2.42. The van der Waals surface area contributed by atoms with Gasteiger partial charge in [-0.3, -0.25) is 0 Å². The van der Waals surface area contributed by atoms with Gasteiger partial charge in [0, 0.05) is 25.8 Å². The van der Waals surface area contributed by atoms with Crippen molar-refractivity contribution < 1.29 is 4.74 Å². The Balaban J connectivity index is 2.16. The van der Waals surface area contributed by atoms with Crippen LogP contribution in [0.15, 0.2) is 12.3 Å². The van der Waals surface area contributed by atoms with Gasteiger partial charge in [0.2, 0.25) is 0 Å². The first-order valence-corrected chi connectivity index (χ1v) is 6.26. The van der Waals surface area contributed by atoms with Crippen molar-refractivity contribution in [2.75, 3.05) is 24.6 Å². The summed E-state index contributed by atoms with van der Waals surface area (Å²) in [6.07, 6.45) is 3.26. The molecule has 1 atom stereocenters. The van der Waals surface area contributed by atoms with Gasteiger partial charge in [-0.05, 0) is 30.5 Å². The standard InChI is InChI=1S/C13H21N3O/c1-3-12-9-16(4-5-17-12)13-10(2)6-11(7-14)8-15-13/h6,8,12H,3-5,7,9,14H2,1-2H3. The number of anilines is 1. The number of hydrogen-bond donors (Lipinski definition) is 1. The largest absolute Gasteiger partial charge is 0.375 e. The highest BCUT2D eigenvalue weighted by Gasteiger charge is 2.21. The van der Waals surface area contributed by atoms with Crippen LogP contribution in [0.3, 0.4) is 0 Å². The molecular weight excluding hydrogens is 214 g/mol. The summed E-state index contributed by atoms with van der Waals surface area (Å²) in [6.45, 7) is 7.45. The molecule has 1 unspecified atom stereocenters. The molecule has 0 radical (unpaired) electrons. The summed E-state index contributed by atoms with van der Waals surface area (Å²) in [4.78, 5) is 6.84. The first-order chi connectivity index (χ1) is 8.24. The number of hydrogen-bond acceptors (Lipinski definition) is 4. The second-order valence-corrected chi connectivity index (χ2v) is 4.54. The minimum Gasteiger partial charge on any atom is -0.375 e. The first kappa shape index (κ1) is 12.3. The molecule has 2 heterocycles. The molecule has 94 valence electrons. The maximum absolute atomic E-state index is 5.67. The highest BCUT2D eigenvalue weighted by molar-refractivity contribution is 5.47. The van der Waals surface area contributed by atoms with Gasteiger partial charge in [-0.2, -0.15) is 0 Å². The highest BCUT2D eigenvalue weighted by atomic mass is 16.5. The van der Waals surface area contributed by atoms with Crippen LogP contribution >= 0.6 is 0 Å². The second kappa shape index (κ2) is 5.47. The molecule has 0 aliphatic carbocycles. The highest BCUT2D eigenvalue weighted by Crippen LogP contribution is 2.21. The van der Waals surface area contributed by atoms with Gasteiger partial charge in [0.05, 0.1) is 12.7 Å². The minimum atomic E-state index is 0.333. The van der Waals surface area contributed by atoms with Gasteiger partial charge in [-0.25, -0.2) is 4.98 Å². The van der Waals surface area contributed by atoms with Crippen LogP contribution in [0, 0.1) is 6.92 Å². The molecule has 4 nitrogen and oxygen atoms in total. The molecule has 1 aromatic heterocycles. The Morgan fingerprint density at radius 3 is 3.06 bits per heavy atom. The van der Waals surface area contributed by atoms with Crippen LogP contribution in [0.2, 0.25) is 0 Å². The Bertz CT molecular complexity index is 381. The minimum absolute atomic E-state index is 0.333. The lowest BCUT2D eigenvalue weighted by atomic mass is 10.1. The van der Waals surface area contributed by atoms with E-state index in [-0.39, 0.29) is 0 Å². The molecule has 0 aromatic carbocycles. The predicted molar refractivity (Wildman–Crippen MR) is 69.1 cm³/mol. The second-order valence-electron chi connectivity index (χ2n) is 4.54. The molecule has 0 amide bonds. The van der Waals surface area contributed by atoms with E-state index in [0.717, 1.165) is 37.5 Å². The topological polar surface area (TPSA) is 51.4 Å². The van der Waals surface area contributed by atoms with E-state index in [1.807, 2.05) is 6.20 Å². The fourth-order valence-electron chi connectivity index (χ4n) is 2.23. The average molecular weight is 235 g/mol. The van der Waals surface area contributed by atoms with E-state index in [2.05, 4.69) is 29.8 Å². The lowest BCUT2D eigenvalue weighted by Gasteiger charge is -2.34. The Morgan fingerprint density at radius 2 is 2.41 bits per heavy atom. The van der Waals surface area contributed by atoms with Crippen molar-refractivity contribution in [3.8, 4) is 0 Å². The number of aryl methyl sites for hydroxylation is 1. The van der Waals surface area contributed by atoms with Gasteiger partial charge in [0.15, 0.2) is 0 Å². The van der Waals surface area contributed by atoms with Crippen molar-refractivity contribution in [1.82, 2.24) is 4.98 Å². The van der Waals surface area contributed by atoms with Crippen LogP contribution in [0.1, 0.15) is 24.5 Å². The van der Waals surface area contributed by atoms with Crippen molar-refractivity contribution in [1.29, 1.82) is 0 Å². The fraction of sp³-hybridized carbons (Fsp3) is 0.615. The van der Waals surface area contributed by atoms with Crippen molar-refractivity contribution in [3.63, 3.8) is 0 Å². The average Bonchev–Trinajstić information content (AvgIpc) is 2.38. The van der Waals surface area contributed by atoms with Crippen molar-refractivity contribution in [3.05, 3.63) is 23.4 Å². The van der Waals surface area contributed by atoms with Gasteiger partial charge in [0.1, 0.15) is 5.82 Å². The maximum atomic E-state index is 5.67. The van der Waals surface area contributed by atoms with Gasteiger partial charge in [0.25, 0.3) is 0 Å². The Hall–Kier alpha value is -1.13. The van der Waals surface area contributed by atoms with Gasteiger partial charge in [-0.15, -0.1) is 0 Å². The summed E-state index contributed by atoms with van der Waals surface area (Å²) in [5, 5.41) is 0. The van der Waals surface area contributed by atoms with E-state index >= 15 is 0 Å². The lowest BCUT2D eigenvalue weighted by molar-refractivity contribution is 0.0381. The van der Waals surface area contributed by atoms with Crippen molar-refractivity contribution in [2.24, 2.45) is 5.73 Å². The molecule has 1 aliphatic heterocycles. The molecule has 17 heavy (non-hydrogen) atoms. The monoisotopic (exact) mass is 235 g/mol. The summed E-state index contributed by atoms with van der Waals surface area (Å²) < 4.78 is 5.67. The van der Waals surface area contributed by atoms with Gasteiger partial charge < -0.3 is 15.4 Å². The number of nitrogens with two attached hydrogens (primary N) is 1. The third kappa shape index (κ3) is 2.76. The number of rotatable bonds is 3. The molecule has 1 aromatic rings. The van der Waals surface area contributed by atoms with Crippen molar-refractivity contribution >= 4 is 5.82 Å². The number of morpholine rings is 1. The van der Waals surface area contributed by atoms with Crippen LogP contribution in [0.5, 0.6) is 0 Å². The molecule has 1 saturated heterocycles.